The number of ether oxygens (including phenoxy) is 1. The Morgan fingerprint density at radius 1 is 1.05 bits per heavy atom. The lowest BCUT2D eigenvalue weighted by Gasteiger charge is -2.31. The molecule has 0 bridgehead atoms. The number of hydrogen-bond acceptors (Lipinski definition) is 5. The molecule has 1 spiro atoms. The third-order valence-corrected chi connectivity index (χ3v) is 13.8. The van der Waals surface area contributed by atoms with Gasteiger partial charge in [-0.25, -0.2) is 0 Å². The van der Waals surface area contributed by atoms with Crippen molar-refractivity contribution in [1.82, 2.24) is 9.88 Å². The number of anilines is 2. The number of H-pyrrole nitrogens is 1. The van der Waals surface area contributed by atoms with E-state index < -0.39 is 31.6 Å². The number of aliphatic hydroxyl groups excluding tert-OH is 1. The van der Waals surface area contributed by atoms with Crippen LogP contribution in [0.25, 0.3) is 10.9 Å². The number of halogens is 1. The smallest absolute Gasteiger partial charge is 0.264 e. The Bertz CT molecular complexity index is 2120. The molecule has 6 rings (SSSR count). The van der Waals surface area contributed by atoms with Crippen molar-refractivity contribution in [2.45, 2.75) is 90.3 Å². The molecule has 296 valence electrons. The molecule has 4 atom stereocenters. The number of amides is 3. The van der Waals surface area contributed by atoms with Gasteiger partial charge < -0.3 is 34.1 Å². The van der Waals surface area contributed by atoms with Crippen LogP contribution < -0.4 is 10.2 Å². The van der Waals surface area contributed by atoms with Crippen molar-refractivity contribution < 1.29 is 28.3 Å². The lowest BCUT2D eigenvalue weighted by Crippen LogP contribution is -2.45. The molecule has 56 heavy (non-hydrogen) atoms. The first-order chi connectivity index (χ1) is 26.7. The normalized spacial score (nSPS) is 20.8. The van der Waals surface area contributed by atoms with Crippen molar-refractivity contribution in [3.63, 3.8) is 0 Å². The second kappa shape index (κ2) is 17.1. The molecule has 9 nitrogen and oxygen atoms in total. The van der Waals surface area contributed by atoms with Crippen LogP contribution in [0.3, 0.4) is 0 Å². The summed E-state index contributed by atoms with van der Waals surface area (Å²) in [4.78, 5) is 49.0. The van der Waals surface area contributed by atoms with Crippen LogP contribution in [0.5, 0.6) is 0 Å². The molecule has 3 aromatic carbocycles. The van der Waals surface area contributed by atoms with Crippen molar-refractivity contribution in [1.29, 1.82) is 0 Å². The predicted molar refractivity (Wildman–Crippen MR) is 223 cm³/mol. The average Bonchev–Trinajstić information content (AvgIpc) is 3.76. The van der Waals surface area contributed by atoms with Gasteiger partial charge in [-0.05, 0) is 82.1 Å². The van der Waals surface area contributed by atoms with Crippen LogP contribution in [0.1, 0.15) is 63.6 Å². The lowest BCUT2D eigenvalue weighted by atomic mass is 9.82. The van der Waals surface area contributed by atoms with E-state index in [0.717, 1.165) is 40.4 Å². The Balaban J connectivity index is 1.34. The number of para-hydroxylation sites is 1. The fourth-order valence-electron chi connectivity index (χ4n) is 8.62. The molecule has 0 aliphatic carbocycles. The number of allylic oxidation sites excluding steroid dienone is 3. The van der Waals surface area contributed by atoms with Crippen LogP contribution in [-0.2, 0) is 37.7 Å². The molecule has 2 aliphatic rings. The summed E-state index contributed by atoms with van der Waals surface area (Å²) in [5.41, 5.74) is 4.53. The minimum Gasteiger partial charge on any atom is -0.395 e. The van der Waals surface area contributed by atoms with Gasteiger partial charge >= 0.3 is 0 Å². The fourth-order valence-corrected chi connectivity index (χ4v) is 11.1. The van der Waals surface area contributed by atoms with E-state index >= 15 is 4.11 Å². The van der Waals surface area contributed by atoms with E-state index in [2.05, 4.69) is 43.2 Å². The van der Waals surface area contributed by atoms with Gasteiger partial charge in [-0.1, -0.05) is 78.8 Å². The Labute approximate surface area is 330 Å². The largest absolute Gasteiger partial charge is 0.395 e. The molecular formula is C45H55FN4O5Si. The first-order valence-electron chi connectivity index (χ1n) is 19.6. The maximum atomic E-state index is 16.6. The number of nitrogens with one attached hydrogen (secondary N) is 2. The topological polar surface area (TPSA) is 115 Å². The third kappa shape index (κ3) is 8.60. The van der Waals surface area contributed by atoms with E-state index in [1.807, 2.05) is 73.8 Å². The van der Waals surface area contributed by atoms with Gasteiger partial charge in [0.05, 0.1) is 31.2 Å². The van der Waals surface area contributed by atoms with Crippen molar-refractivity contribution in [3.05, 3.63) is 119 Å². The molecule has 4 aromatic rings. The van der Waals surface area contributed by atoms with Crippen LogP contribution in [-0.4, -0.2) is 66.9 Å². The van der Waals surface area contributed by atoms with Crippen molar-refractivity contribution in [2.24, 2.45) is 5.92 Å². The van der Waals surface area contributed by atoms with Gasteiger partial charge in [0, 0.05) is 59.4 Å². The summed E-state index contributed by atoms with van der Waals surface area (Å²) in [6, 6.07) is 22.7. The maximum Gasteiger partial charge on any atom is 0.264 e. The monoisotopic (exact) mass is 778 g/mol. The summed E-state index contributed by atoms with van der Waals surface area (Å²) < 4.78 is 23.6. The maximum absolute atomic E-state index is 16.6. The van der Waals surface area contributed by atoms with Gasteiger partial charge in [-0.2, -0.15) is 0 Å². The van der Waals surface area contributed by atoms with E-state index in [0.29, 0.717) is 23.5 Å². The Morgan fingerprint density at radius 3 is 2.50 bits per heavy atom. The Kier molecular flexibility index (Phi) is 12.5. The minimum absolute atomic E-state index is 0.110. The first kappa shape index (κ1) is 40.8. The summed E-state index contributed by atoms with van der Waals surface area (Å²) >= 11 is 0. The molecule has 1 saturated heterocycles. The molecule has 0 radical (unpaired) electrons. The van der Waals surface area contributed by atoms with Gasteiger partial charge in [0.2, 0.25) is 20.2 Å². The van der Waals surface area contributed by atoms with Crippen molar-refractivity contribution in [2.75, 3.05) is 29.9 Å². The lowest BCUT2D eigenvalue weighted by molar-refractivity contribution is -0.149. The van der Waals surface area contributed by atoms with Gasteiger partial charge in [-0.3, -0.25) is 14.4 Å². The van der Waals surface area contributed by atoms with E-state index in [9.17, 15) is 19.5 Å². The SMILES string of the molecule is CC(C)=CCC/C(C)=C/CN1C(=O)[C@@]2(O[C@@H](CC(=O)N(CCO)Cc3ccccc3)[C@H]([Si](C)(C)F)[C@H]2C)c2cc(NC(=O)Cc3c[nH]c4ccccc34)ccc21. The zero-order valence-electron chi connectivity index (χ0n) is 33.4. The summed E-state index contributed by atoms with van der Waals surface area (Å²) in [6.07, 6.45) is 6.94. The van der Waals surface area contributed by atoms with Crippen LogP contribution in [0.15, 0.2) is 102 Å². The fraction of sp³-hybridized carbons (Fsp3) is 0.400. The molecular weight excluding hydrogens is 724 g/mol. The summed E-state index contributed by atoms with van der Waals surface area (Å²) in [5, 5.41) is 13.9. The zero-order valence-corrected chi connectivity index (χ0v) is 34.4. The molecule has 2 aliphatic heterocycles. The number of aromatic nitrogens is 1. The van der Waals surface area contributed by atoms with E-state index in [1.54, 1.807) is 35.0 Å². The Hall–Kier alpha value is -4.84. The number of fused-ring (bicyclic) bond motifs is 3. The first-order valence-corrected chi connectivity index (χ1v) is 22.6. The molecule has 1 fully saturated rings. The molecule has 3 N–H and O–H groups in total. The van der Waals surface area contributed by atoms with Crippen molar-refractivity contribution in [3.8, 4) is 0 Å². The highest BCUT2D eigenvalue weighted by Gasteiger charge is 2.67. The third-order valence-electron chi connectivity index (χ3n) is 11.3. The number of benzene rings is 3. The average molecular weight is 779 g/mol. The zero-order chi connectivity index (χ0) is 40.2. The number of rotatable bonds is 15. The number of carbonyl (C=O) groups excluding carboxylic acids is 3. The van der Waals surface area contributed by atoms with E-state index in [4.69, 9.17) is 4.74 Å². The second-order valence-corrected chi connectivity index (χ2v) is 19.9. The van der Waals surface area contributed by atoms with Crippen LogP contribution in [0.4, 0.5) is 15.5 Å². The number of hydrogen-bond donors (Lipinski definition) is 3. The molecule has 3 heterocycles. The summed E-state index contributed by atoms with van der Waals surface area (Å²) in [6.45, 7) is 11.8. The second-order valence-electron chi connectivity index (χ2n) is 16.1. The Morgan fingerprint density at radius 2 is 1.79 bits per heavy atom. The predicted octanol–water partition coefficient (Wildman–Crippen LogP) is 8.57. The van der Waals surface area contributed by atoms with E-state index in [-0.39, 0.29) is 50.3 Å². The van der Waals surface area contributed by atoms with Crippen molar-refractivity contribution >= 4 is 48.4 Å². The van der Waals surface area contributed by atoms with E-state index in [1.165, 1.54) is 5.57 Å². The summed E-state index contributed by atoms with van der Waals surface area (Å²) in [7, 11) is -3.58. The quantitative estimate of drug-likeness (QED) is 0.0636. The molecule has 3 amide bonds. The highest BCUT2D eigenvalue weighted by atomic mass is 28.4. The molecule has 0 saturated carbocycles. The van der Waals surface area contributed by atoms with Gasteiger partial charge in [-0.15, -0.1) is 0 Å². The number of aliphatic hydroxyl groups is 1. The summed E-state index contributed by atoms with van der Waals surface area (Å²) in [5.74, 6) is -1.42. The standard InChI is InChI=1S/C45H55FN4O5Si/c1-30(2)13-12-14-31(3)21-22-50-39-20-19-35(48-41(52)25-34-28-47-38-18-11-10-17-36(34)38)26-37(39)45(44(50)54)32(4)43(56(5,6)46)40(55-45)27-42(53)49(23-24-51)29-33-15-8-7-9-16-33/h7-11,13,15-21,26,28,32,40,43,47,51H,12,14,22-25,27,29H2,1-6H3,(H,48,52)/b31-21+/t32-,40+,43-,45+/m1/s1. The van der Waals surface area contributed by atoms with Gasteiger partial charge in [0.1, 0.15) is 0 Å². The minimum atomic E-state index is -3.58. The highest BCUT2D eigenvalue weighted by Crippen LogP contribution is 2.60. The molecule has 0 unspecified atom stereocenters. The number of nitrogens with zero attached hydrogens (tertiary/aromatic N) is 2. The van der Waals surface area contributed by atoms with Crippen LogP contribution in [0.2, 0.25) is 18.6 Å². The van der Waals surface area contributed by atoms with Gasteiger partial charge in [0.15, 0.2) is 5.60 Å². The van der Waals surface area contributed by atoms with Gasteiger partial charge in [0.25, 0.3) is 5.91 Å². The number of carbonyl (C=O) groups is 3. The molecule has 1 aromatic heterocycles. The molecule has 11 heteroatoms. The van der Waals surface area contributed by atoms with Crippen LogP contribution >= 0.6 is 0 Å². The van der Waals surface area contributed by atoms with Crippen LogP contribution in [0, 0.1) is 5.92 Å². The highest BCUT2D eigenvalue weighted by molar-refractivity contribution is 6.72. The number of aromatic amines is 1.